The number of carbonyl (C=O) groups is 2. The maximum absolute atomic E-state index is 11.9. The number of aliphatic hydroxyl groups is 3. The maximum atomic E-state index is 11.9. The van der Waals surface area contributed by atoms with Crippen LogP contribution in [0.25, 0.3) is 0 Å². The number of hydrogen-bond donors (Lipinski definition) is 3. The lowest BCUT2D eigenvalue weighted by Crippen LogP contribution is -2.37. The van der Waals surface area contributed by atoms with Gasteiger partial charge < -0.3 is 24.8 Å². The Morgan fingerprint density at radius 3 is 1.38 bits per heavy atom. The molecule has 3 N–H and O–H groups in total. The van der Waals surface area contributed by atoms with Gasteiger partial charge in [0.25, 0.3) is 0 Å². The normalized spacial score (nSPS) is 11.4. The minimum absolute atomic E-state index is 0.0395. The maximum Gasteiger partial charge on any atom is 0.305 e. The zero-order valence-electron chi connectivity index (χ0n) is 18.2. The smallest absolute Gasteiger partial charge is 0.305 e. The fourth-order valence-corrected chi connectivity index (χ4v) is 2.88. The molecular weight excluding hydrogens is 376 g/mol. The fraction of sp³-hybridized carbons (Fsp3) is 0.909. The van der Waals surface area contributed by atoms with Crippen molar-refractivity contribution in [1.82, 2.24) is 0 Å². The van der Waals surface area contributed by atoms with Gasteiger partial charge in [-0.2, -0.15) is 0 Å². The van der Waals surface area contributed by atoms with Gasteiger partial charge in [-0.3, -0.25) is 9.59 Å². The van der Waals surface area contributed by atoms with E-state index in [1.807, 2.05) is 6.92 Å². The average molecular weight is 419 g/mol. The molecule has 0 aromatic heterocycles. The molecule has 0 unspecified atom stereocenters. The Balaban J connectivity index is 4.06. The van der Waals surface area contributed by atoms with Crippen LogP contribution in [0.3, 0.4) is 0 Å². The second-order valence-corrected chi connectivity index (χ2v) is 7.82. The van der Waals surface area contributed by atoms with Gasteiger partial charge in [0.1, 0.15) is 13.2 Å². The number of aliphatic hydroxyl groups excluding tert-OH is 3. The number of rotatable bonds is 20. The molecule has 0 spiro atoms. The van der Waals surface area contributed by atoms with E-state index in [-0.39, 0.29) is 45.0 Å². The van der Waals surface area contributed by atoms with Gasteiger partial charge in [-0.05, 0) is 32.1 Å². The van der Waals surface area contributed by atoms with Gasteiger partial charge in [0, 0.05) is 26.1 Å². The Bertz CT molecular complexity index is 374. The zero-order chi connectivity index (χ0) is 21.8. The molecule has 0 saturated heterocycles. The molecule has 0 amide bonds. The Kier molecular flexibility index (Phi) is 18.1. The van der Waals surface area contributed by atoms with E-state index in [2.05, 4.69) is 0 Å². The summed E-state index contributed by atoms with van der Waals surface area (Å²) in [5, 5.41) is 27.2. The van der Waals surface area contributed by atoms with E-state index in [9.17, 15) is 14.7 Å². The topological polar surface area (TPSA) is 113 Å². The number of unbranched alkanes of at least 4 members (excludes halogenated alkanes) is 8. The molecule has 172 valence electrons. The summed E-state index contributed by atoms with van der Waals surface area (Å²) >= 11 is 0. The van der Waals surface area contributed by atoms with Crippen molar-refractivity contribution in [1.29, 1.82) is 0 Å². The first kappa shape index (κ1) is 27.8. The molecule has 0 aliphatic rings. The van der Waals surface area contributed by atoms with Gasteiger partial charge in [-0.1, -0.05) is 45.4 Å². The van der Waals surface area contributed by atoms with Crippen molar-refractivity contribution in [2.24, 2.45) is 5.41 Å². The van der Waals surface area contributed by atoms with Crippen molar-refractivity contribution < 1.29 is 34.4 Å². The van der Waals surface area contributed by atoms with E-state index in [0.717, 1.165) is 64.2 Å². The minimum atomic E-state index is -0.756. The summed E-state index contributed by atoms with van der Waals surface area (Å²) in [6.45, 7) is 2.15. The summed E-state index contributed by atoms with van der Waals surface area (Å²) in [5.41, 5.74) is -0.756. The highest BCUT2D eigenvalue weighted by Gasteiger charge is 2.31. The molecule has 7 nitrogen and oxygen atoms in total. The molecule has 0 rings (SSSR count). The molecular formula is C22H42O7. The van der Waals surface area contributed by atoms with Gasteiger partial charge in [0.2, 0.25) is 0 Å². The second kappa shape index (κ2) is 18.8. The Morgan fingerprint density at radius 1 is 0.655 bits per heavy atom. The monoisotopic (exact) mass is 418 g/mol. The molecule has 29 heavy (non-hydrogen) atoms. The van der Waals surface area contributed by atoms with Gasteiger partial charge in [0.15, 0.2) is 0 Å². The van der Waals surface area contributed by atoms with Crippen LogP contribution in [0, 0.1) is 5.41 Å². The van der Waals surface area contributed by atoms with Crippen LogP contribution in [0.1, 0.15) is 90.4 Å². The highest BCUT2D eigenvalue weighted by atomic mass is 16.5. The van der Waals surface area contributed by atoms with Crippen LogP contribution < -0.4 is 0 Å². The Hall–Kier alpha value is -1.18. The minimum Gasteiger partial charge on any atom is -0.465 e. The summed E-state index contributed by atoms with van der Waals surface area (Å²) < 4.78 is 10.7. The molecule has 0 radical (unpaired) electrons. The van der Waals surface area contributed by atoms with E-state index in [4.69, 9.17) is 19.7 Å². The summed E-state index contributed by atoms with van der Waals surface area (Å²) in [5.74, 6) is -0.597. The number of hydrogen-bond acceptors (Lipinski definition) is 7. The summed E-state index contributed by atoms with van der Waals surface area (Å²) in [7, 11) is 0. The van der Waals surface area contributed by atoms with Gasteiger partial charge in [-0.25, -0.2) is 0 Å². The van der Waals surface area contributed by atoms with E-state index in [0.29, 0.717) is 19.3 Å². The second-order valence-electron chi connectivity index (χ2n) is 7.82. The highest BCUT2D eigenvalue weighted by molar-refractivity contribution is 5.69. The Morgan fingerprint density at radius 2 is 1.03 bits per heavy atom. The number of esters is 2. The summed E-state index contributed by atoms with van der Waals surface area (Å²) in [4.78, 5) is 23.9. The first-order valence-corrected chi connectivity index (χ1v) is 11.2. The first-order valence-electron chi connectivity index (χ1n) is 11.2. The lowest BCUT2D eigenvalue weighted by Gasteiger charge is -2.29. The highest BCUT2D eigenvalue weighted by Crippen LogP contribution is 2.23. The van der Waals surface area contributed by atoms with Crippen LogP contribution in [0.2, 0.25) is 0 Å². The molecule has 0 fully saturated rings. The average Bonchev–Trinajstić information content (AvgIpc) is 2.73. The number of ether oxygens (including phenoxy) is 2. The molecule has 0 aromatic rings. The third-order valence-electron chi connectivity index (χ3n) is 5.24. The van der Waals surface area contributed by atoms with Crippen molar-refractivity contribution in [2.75, 3.05) is 33.0 Å². The van der Waals surface area contributed by atoms with Crippen LogP contribution in [-0.4, -0.2) is 60.3 Å². The largest absolute Gasteiger partial charge is 0.465 e. The lowest BCUT2D eigenvalue weighted by molar-refractivity contribution is -0.156. The van der Waals surface area contributed by atoms with Crippen molar-refractivity contribution in [3.8, 4) is 0 Å². The third-order valence-corrected chi connectivity index (χ3v) is 5.24. The fourth-order valence-electron chi connectivity index (χ4n) is 2.88. The van der Waals surface area contributed by atoms with Crippen molar-refractivity contribution >= 4 is 11.9 Å². The SMILES string of the molecule is CCC(CO)(COC(=O)CCCCCCCO)COC(=O)CCCCCCCO. The van der Waals surface area contributed by atoms with Crippen molar-refractivity contribution in [2.45, 2.75) is 90.4 Å². The standard InChI is InChI=1S/C22H42O7/c1-2-22(17-25,18-28-20(26)13-9-5-3-7-11-15-23)19-29-21(27)14-10-6-4-8-12-16-24/h23-25H,2-19H2,1H3. The van der Waals surface area contributed by atoms with E-state index in [1.54, 1.807) is 0 Å². The molecule has 0 aliphatic carbocycles. The predicted molar refractivity (Wildman–Crippen MR) is 111 cm³/mol. The van der Waals surface area contributed by atoms with E-state index < -0.39 is 5.41 Å². The molecule has 0 bridgehead atoms. The quantitative estimate of drug-likeness (QED) is 0.206. The zero-order valence-corrected chi connectivity index (χ0v) is 18.2. The molecule has 0 aliphatic heterocycles. The van der Waals surface area contributed by atoms with Gasteiger partial charge in [-0.15, -0.1) is 0 Å². The van der Waals surface area contributed by atoms with Crippen LogP contribution in [-0.2, 0) is 19.1 Å². The van der Waals surface area contributed by atoms with Gasteiger partial charge in [0.05, 0.1) is 12.0 Å². The molecule has 7 heteroatoms. The molecule has 0 aromatic carbocycles. The van der Waals surface area contributed by atoms with E-state index >= 15 is 0 Å². The van der Waals surface area contributed by atoms with Crippen molar-refractivity contribution in [3.63, 3.8) is 0 Å². The number of carbonyl (C=O) groups excluding carboxylic acids is 2. The molecule has 0 atom stereocenters. The summed E-state index contributed by atoms with van der Waals surface area (Å²) in [6.07, 6.45) is 10.0. The van der Waals surface area contributed by atoms with Crippen LogP contribution in [0.4, 0.5) is 0 Å². The van der Waals surface area contributed by atoms with Crippen molar-refractivity contribution in [3.05, 3.63) is 0 Å². The predicted octanol–water partition coefficient (Wildman–Crippen LogP) is 3.13. The van der Waals surface area contributed by atoms with Crippen LogP contribution in [0.5, 0.6) is 0 Å². The first-order chi connectivity index (χ1) is 14.0. The van der Waals surface area contributed by atoms with Crippen LogP contribution >= 0.6 is 0 Å². The molecule has 0 saturated carbocycles. The molecule has 0 heterocycles. The summed E-state index contributed by atoms with van der Waals surface area (Å²) in [6, 6.07) is 0. The van der Waals surface area contributed by atoms with E-state index in [1.165, 1.54) is 0 Å². The van der Waals surface area contributed by atoms with Gasteiger partial charge >= 0.3 is 11.9 Å². The van der Waals surface area contributed by atoms with Crippen LogP contribution in [0.15, 0.2) is 0 Å². The third kappa shape index (κ3) is 15.3. The lowest BCUT2D eigenvalue weighted by atomic mass is 9.88. The Labute approximate surface area is 175 Å².